The number of allylic oxidation sites excluding steroid dienone is 1. The molecule has 17 heavy (non-hydrogen) atoms. The number of ether oxygens (including phenoxy) is 1. The maximum absolute atomic E-state index is 11.1. The van der Waals surface area contributed by atoms with Crippen molar-refractivity contribution in [1.29, 1.82) is 0 Å². The average molecular weight is 269 g/mol. The molecule has 0 saturated heterocycles. The fourth-order valence-corrected chi connectivity index (χ4v) is 1.16. The van der Waals surface area contributed by atoms with Gasteiger partial charge in [-0.2, -0.15) is 0 Å². The molecule has 0 rings (SSSR count). The molecule has 0 aromatic rings. The monoisotopic (exact) mass is 269 g/mol. The smallest absolute Gasteiger partial charge is 1.00 e. The molecule has 0 aliphatic rings. The van der Waals surface area contributed by atoms with Gasteiger partial charge in [0.25, 0.3) is 0 Å². The summed E-state index contributed by atoms with van der Waals surface area (Å²) in [6, 6.07) is -0.703. The molecular weight excluding hydrogens is 249 g/mol. The van der Waals surface area contributed by atoms with Gasteiger partial charge in [0.15, 0.2) is 0 Å². The SMILES string of the molecule is CCOC(=O)/C=C(/C)N[C@H](C(=O)O)C(C)C.[H-].[K+]. The molecule has 94 valence electrons. The van der Waals surface area contributed by atoms with Crippen LogP contribution in [-0.2, 0) is 14.3 Å². The van der Waals surface area contributed by atoms with E-state index in [4.69, 9.17) is 9.84 Å². The molecular formula is C11H20KNO4. The van der Waals surface area contributed by atoms with Gasteiger partial charge in [-0.05, 0) is 19.8 Å². The van der Waals surface area contributed by atoms with Crippen molar-refractivity contribution in [1.82, 2.24) is 5.32 Å². The Labute approximate surface area is 146 Å². The van der Waals surface area contributed by atoms with E-state index in [2.05, 4.69) is 5.32 Å². The summed E-state index contributed by atoms with van der Waals surface area (Å²) in [7, 11) is 0. The van der Waals surface area contributed by atoms with Crippen LogP contribution in [0.2, 0.25) is 0 Å². The molecule has 1 atom stereocenters. The Bertz CT molecular complexity index is 295. The van der Waals surface area contributed by atoms with Crippen molar-refractivity contribution in [3.63, 3.8) is 0 Å². The summed E-state index contributed by atoms with van der Waals surface area (Å²) in [6.07, 6.45) is 1.25. The molecule has 0 radical (unpaired) electrons. The van der Waals surface area contributed by atoms with Gasteiger partial charge >= 0.3 is 63.3 Å². The van der Waals surface area contributed by atoms with Crippen molar-refractivity contribution >= 4 is 11.9 Å². The van der Waals surface area contributed by atoms with Crippen molar-refractivity contribution < 1.29 is 72.2 Å². The Morgan fingerprint density at radius 3 is 2.35 bits per heavy atom. The first kappa shape index (κ1) is 19.5. The van der Waals surface area contributed by atoms with E-state index in [1.807, 2.05) is 0 Å². The standard InChI is InChI=1S/C11H19NO4.K.H/c1-5-16-9(13)6-8(4)12-10(7(2)3)11(14)15;;/h6-7,10,12H,5H2,1-4H3,(H,14,15);;/q;+1;-1/b8-6-;;/t10-;;/m0../s1. The molecule has 0 amide bonds. The van der Waals surface area contributed by atoms with E-state index in [1.54, 1.807) is 27.7 Å². The van der Waals surface area contributed by atoms with Gasteiger partial charge in [-0.25, -0.2) is 9.59 Å². The molecule has 0 aliphatic heterocycles. The van der Waals surface area contributed by atoms with E-state index >= 15 is 0 Å². The van der Waals surface area contributed by atoms with Gasteiger partial charge in [0.1, 0.15) is 6.04 Å². The number of carboxylic acid groups (broad SMARTS) is 1. The normalized spacial score (nSPS) is 12.6. The van der Waals surface area contributed by atoms with E-state index in [1.165, 1.54) is 6.08 Å². The number of carbonyl (C=O) groups excluding carboxylic acids is 1. The third kappa shape index (κ3) is 8.79. The Balaban J connectivity index is -0.00000112. The van der Waals surface area contributed by atoms with Gasteiger partial charge in [0.2, 0.25) is 0 Å². The van der Waals surface area contributed by atoms with E-state index in [0.29, 0.717) is 12.3 Å². The van der Waals surface area contributed by atoms with Crippen LogP contribution in [0.5, 0.6) is 0 Å². The molecule has 0 fully saturated rings. The van der Waals surface area contributed by atoms with Crippen LogP contribution in [0.15, 0.2) is 11.8 Å². The van der Waals surface area contributed by atoms with Gasteiger partial charge in [0, 0.05) is 11.8 Å². The van der Waals surface area contributed by atoms with E-state index in [-0.39, 0.29) is 58.7 Å². The largest absolute Gasteiger partial charge is 1.00 e. The topological polar surface area (TPSA) is 75.6 Å². The third-order valence-electron chi connectivity index (χ3n) is 1.94. The first-order valence-corrected chi connectivity index (χ1v) is 5.22. The Hall–Kier alpha value is 0.116. The second-order valence-corrected chi connectivity index (χ2v) is 3.78. The zero-order valence-electron chi connectivity index (χ0n) is 12.1. The summed E-state index contributed by atoms with van der Waals surface area (Å²) in [5, 5.41) is 11.7. The number of hydrogen-bond donors (Lipinski definition) is 2. The molecule has 0 saturated carbocycles. The maximum atomic E-state index is 11.1. The number of rotatable bonds is 6. The van der Waals surface area contributed by atoms with Crippen molar-refractivity contribution in [2.45, 2.75) is 33.7 Å². The maximum Gasteiger partial charge on any atom is 1.00 e. The van der Waals surface area contributed by atoms with Crippen molar-refractivity contribution in [3.05, 3.63) is 11.8 Å². The van der Waals surface area contributed by atoms with Gasteiger partial charge in [-0.1, -0.05) is 13.8 Å². The number of hydrogen-bond acceptors (Lipinski definition) is 4. The minimum atomic E-state index is -0.938. The van der Waals surface area contributed by atoms with Crippen molar-refractivity contribution in [2.75, 3.05) is 6.61 Å². The predicted octanol–water partition coefficient (Wildman–Crippen LogP) is -1.73. The van der Waals surface area contributed by atoms with Crippen LogP contribution in [-0.4, -0.2) is 29.7 Å². The zero-order valence-corrected chi connectivity index (χ0v) is 14.2. The molecule has 0 heterocycles. The Morgan fingerprint density at radius 1 is 1.47 bits per heavy atom. The van der Waals surface area contributed by atoms with Crippen LogP contribution in [0, 0.1) is 5.92 Å². The van der Waals surface area contributed by atoms with Crippen LogP contribution < -0.4 is 56.7 Å². The molecule has 0 bridgehead atoms. The van der Waals surface area contributed by atoms with Gasteiger partial charge < -0.3 is 16.6 Å². The van der Waals surface area contributed by atoms with Crippen molar-refractivity contribution in [2.24, 2.45) is 5.92 Å². The van der Waals surface area contributed by atoms with E-state index in [9.17, 15) is 9.59 Å². The molecule has 0 aromatic heterocycles. The average Bonchev–Trinajstić information content (AvgIpc) is 2.13. The Morgan fingerprint density at radius 2 is 2.00 bits per heavy atom. The summed E-state index contributed by atoms with van der Waals surface area (Å²) in [4.78, 5) is 22.0. The second-order valence-electron chi connectivity index (χ2n) is 3.78. The van der Waals surface area contributed by atoms with E-state index < -0.39 is 18.0 Å². The van der Waals surface area contributed by atoms with Gasteiger partial charge in [-0.15, -0.1) is 0 Å². The summed E-state index contributed by atoms with van der Waals surface area (Å²) in [5.74, 6) is -1.48. The van der Waals surface area contributed by atoms with Crippen LogP contribution in [0.1, 0.15) is 29.1 Å². The molecule has 6 heteroatoms. The number of nitrogens with one attached hydrogen (secondary N) is 1. The molecule has 0 aliphatic carbocycles. The number of carboxylic acids is 1. The number of carbonyl (C=O) groups is 2. The first-order chi connectivity index (χ1) is 7.38. The Kier molecular flexibility index (Phi) is 11.5. The number of aliphatic carboxylic acids is 1. The second kappa shape index (κ2) is 10.1. The summed E-state index contributed by atoms with van der Waals surface area (Å²) < 4.78 is 4.71. The van der Waals surface area contributed by atoms with Gasteiger partial charge in [0.05, 0.1) is 6.61 Å². The van der Waals surface area contributed by atoms with Crippen LogP contribution >= 0.6 is 0 Å². The quantitative estimate of drug-likeness (QED) is 0.340. The zero-order chi connectivity index (χ0) is 12.7. The molecule has 0 unspecified atom stereocenters. The van der Waals surface area contributed by atoms with Gasteiger partial charge in [-0.3, -0.25) is 0 Å². The summed E-state index contributed by atoms with van der Waals surface area (Å²) in [5.41, 5.74) is 0.486. The molecule has 5 nitrogen and oxygen atoms in total. The third-order valence-corrected chi connectivity index (χ3v) is 1.94. The van der Waals surface area contributed by atoms with Crippen molar-refractivity contribution in [3.8, 4) is 0 Å². The van der Waals surface area contributed by atoms with Crippen LogP contribution in [0.25, 0.3) is 0 Å². The van der Waals surface area contributed by atoms with E-state index in [0.717, 1.165) is 0 Å². The predicted molar refractivity (Wildman–Crippen MR) is 60.9 cm³/mol. The summed E-state index contributed by atoms with van der Waals surface area (Å²) in [6.45, 7) is 7.24. The first-order valence-electron chi connectivity index (χ1n) is 5.22. The number of esters is 1. The van der Waals surface area contributed by atoms with Crippen LogP contribution in [0.3, 0.4) is 0 Å². The fourth-order valence-electron chi connectivity index (χ4n) is 1.16. The minimum absolute atomic E-state index is 0. The molecule has 0 aromatic carbocycles. The molecule has 0 spiro atoms. The summed E-state index contributed by atoms with van der Waals surface area (Å²) >= 11 is 0. The fraction of sp³-hybridized carbons (Fsp3) is 0.636. The minimum Gasteiger partial charge on any atom is -1.00 e. The van der Waals surface area contributed by atoms with Crippen LogP contribution in [0.4, 0.5) is 0 Å². The molecule has 2 N–H and O–H groups in total.